The number of likely N-dealkylation sites (tertiary alicyclic amines) is 4. The summed E-state index contributed by atoms with van der Waals surface area (Å²) in [6.07, 6.45) is 15.4. The Labute approximate surface area is 387 Å². The highest BCUT2D eigenvalue weighted by Gasteiger charge is 2.28. The van der Waals surface area contributed by atoms with Crippen molar-refractivity contribution in [3.05, 3.63) is 131 Å². The zero-order chi connectivity index (χ0) is 44.9. The van der Waals surface area contributed by atoms with Crippen LogP contribution in [0.3, 0.4) is 0 Å². The Morgan fingerprint density at radius 2 is 1.20 bits per heavy atom. The first-order valence-corrected chi connectivity index (χ1v) is 24.4. The number of ether oxygens (including phenoxy) is 1. The van der Waals surface area contributed by atoms with Crippen LogP contribution in [0, 0.1) is 11.8 Å². The van der Waals surface area contributed by atoms with Crippen molar-refractivity contribution in [1.29, 1.82) is 0 Å². The summed E-state index contributed by atoms with van der Waals surface area (Å²) >= 11 is 0. The lowest BCUT2D eigenvalue weighted by Crippen LogP contribution is -2.46. The van der Waals surface area contributed by atoms with Gasteiger partial charge in [-0.05, 0) is 178 Å². The van der Waals surface area contributed by atoms with E-state index >= 15 is 0 Å². The Morgan fingerprint density at radius 1 is 0.578 bits per heavy atom. The maximum atomic E-state index is 12.1. The highest BCUT2D eigenvalue weighted by atomic mass is 16.5. The molecule has 5 fully saturated rings. The van der Waals surface area contributed by atoms with Crippen molar-refractivity contribution in [3.63, 3.8) is 0 Å². The number of nitrogens with zero attached hydrogens (tertiary/aromatic N) is 8. The predicted molar refractivity (Wildman–Crippen MR) is 263 cm³/mol. The molecule has 0 bridgehead atoms. The van der Waals surface area contributed by atoms with Crippen molar-refractivity contribution in [2.24, 2.45) is 11.8 Å². The molecule has 10 nitrogen and oxygen atoms in total. The molecule has 5 saturated heterocycles. The van der Waals surface area contributed by atoms with Crippen molar-refractivity contribution in [3.8, 4) is 0 Å². The number of aromatic nitrogens is 2. The number of piperidine rings is 2. The van der Waals surface area contributed by atoms with Crippen LogP contribution in [0.2, 0.25) is 0 Å². The van der Waals surface area contributed by atoms with Gasteiger partial charge in [0.15, 0.2) is 0 Å². The lowest BCUT2D eigenvalue weighted by Gasteiger charge is -2.34. The average Bonchev–Trinajstić information content (AvgIpc) is 3.99. The maximum absolute atomic E-state index is 12.1. The third-order valence-electron chi connectivity index (χ3n) is 13.9. The molecule has 3 atom stereocenters. The van der Waals surface area contributed by atoms with E-state index in [1.807, 2.05) is 29.6 Å². The number of pyridine rings is 2. The molecular formula is C54H80N8O2. The molecule has 1 amide bonds. The van der Waals surface area contributed by atoms with E-state index < -0.39 is 0 Å². The third kappa shape index (κ3) is 16.8. The number of likely N-dealkylation sites (N-methyl/N-ethyl adjacent to an activating group) is 3. The van der Waals surface area contributed by atoms with Crippen LogP contribution in [0.1, 0.15) is 78.3 Å². The minimum absolute atomic E-state index is 0.263. The second kappa shape index (κ2) is 26.8. The number of carbonyl (C=O) groups excluding carboxylic acids is 1. The summed E-state index contributed by atoms with van der Waals surface area (Å²) in [5.74, 6) is 2.90. The highest BCUT2D eigenvalue weighted by Crippen LogP contribution is 2.26. The van der Waals surface area contributed by atoms with Crippen molar-refractivity contribution < 1.29 is 9.53 Å². The fourth-order valence-corrected chi connectivity index (χ4v) is 9.95. The van der Waals surface area contributed by atoms with Crippen molar-refractivity contribution >= 4 is 5.91 Å². The third-order valence-corrected chi connectivity index (χ3v) is 13.9. The summed E-state index contributed by atoms with van der Waals surface area (Å²) in [5, 5.41) is 0. The molecule has 0 N–H and O–H groups in total. The van der Waals surface area contributed by atoms with Crippen LogP contribution in [0.4, 0.5) is 0 Å². The largest absolute Gasteiger partial charge is 0.378 e. The highest BCUT2D eigenvalue weighted by molar-refractivity contribution is 5.79. The van der Waals surface area contributed by atoms with Crippen LogP contribution in [0.5, 0.6) is 0 Å². The van der Waals surface area contributed by atoms with Gasteiger partial charge in [-0.3, -0.25) is 14.8 Å². The molecule has 6 aliphatic heterocycles. The minimum Gasteiger partial charge on any atom is -0.378 e. The quantitative estimate of drug-likeness (QED) is 0.204. The van der Waals surface area contributed by atoms with Gasteiger partial charge in [0.1, 0.15) is 0 Å². The van der Waals surface area contributed by atoms with Crippen LogP contribution < -0.4 is 0 Å². The average molecular weight is 873 g/mol. The Morgan fingerprint density at radius 3 is 1.84 bits per heavy atom. The Bertz CT molecular complexity index is 1820. The number of carbonyl (C=O) groups is 1. The molecular weight excluding hydrogens is 793 g/mol. The first-order valence-electron chi connectivity index (χ1n) is 24.4. The van der Waals surface area contributed by atoms with Crippen LogP contribution in [0.25, 0.3) is 0 Å². The van der Waals surface area contributed by atoms with Gasteiger partial charge < -0.3 is 34.1 Å². The van der Waals surface area contributed by atoms with Gasteiger partial charge in [0.25, 0.3) is 0 Å². The van der Waals surface area contributed by atoms with E-state index in [0.717, 1.165) is 63.9 Å². The topological polar surface area (TPSA) is 71.5 Å². The number of morpholine rings is 1. The van der Waals surface area contributed by atoms with E-state index in [9.17, 15) is 4.79 Å². The first-order chi connectivity index (χ1) is 31.2. The molecule has 3 unspecified atom stereocenters. The summed E-state index contributed by atoms with van der Waals surface area (Å²) in [4.78, 5) is 34.4. The number of hydrogen-bond acceptors (Lipinski definition) is 9. The van der Waals surface area contributed by atoms with Gasteiger partial charge in [-0.25, -0.2) is 0 Å². The van der Waals surface area contributed by atoms with E-state index in [2.05, 4.69) is 149 Å². The summed E-state index contributed by atoms with van der Waals surface area (Å²) < 4.78 is 5.25. The molecule has 2 aromatic carbocycles. The Hall–Kier alpha value is -4.03. The van der Waals surface area contributed by atoms with Gasteiger partial charge in [0.05, 0.1) is 13.2 Å². The molecule has 64 heavy (non-hydrogen) atoms. The van der Waals surface area contributed by atoms with Crippen LogP contribution in [0.15, 0.2) is 104 Å². The summed E-state index contributed by atoms with van der Waals surface area (Å²) in [6, 6.07) is 30.0. The number of hydrogen-bond donors (Lipinski definition) is 0. The molecule has 10 heteroatoms. The van der Waals surface area contributed by atoms with Gasteiger partial charge in [-0.2, -0.15) is 0 Å². The smallest absolute Gasteiger partial charge is 0.225 e. The summed E-state index contributed by atoms with van der Waals surface area (Å²) in [5.41, 5.74) is 7.22. The molecule has 0 radical (unpaired) electrons. The zero-order valence-corrected chi connectivity index (χ0v) is 40.1. The van der Waals surface area contributed by atoms with Crippen molar-refractivity contribution in [1.82, 2.24) is 39.4 Å². The second-order valence-electron chi connectivity index (χ2n) is 19.3. The number of benzene rings is 2. The monoisotopic (exact) mass is 873 g/mol. The summed E-state index contributed by atoms with van der Waals surface area (Å²) in [6.45, 7) is 14.8. The van der Waals surface area contributed by atoms with Crippen LogP contribution in [-0.2, 0) is 28.9 Å². The van der Waals surface area contributed by atoms with E-state index in [0.29, 0.717) is 25.0 Å². The number of rotatable bonds is 5. The van der Waals surface area contributed by atoms with Crippen molar-refractivity contribution in [2.75, 3.05) is 120 Å². The van der Waals surface area contributed by atoms with E-state index in [-0.39, 0.29) is 5.92 Å². The van der Waals surface area contributed by atoms with Gasteiger partial charge >= 0.3 is 0 Å². The zero-order valence-electron chi connectivity index (χ0n) is 40.1. The second-order valence-corrected chi connectivity index (χ2v) is 19.3. The molecule has 0 aliphatic carbocycles. The minimum atomic E-state index is 0.263. The predicted octanol–water partition coefficient (Wildman–Crippen LogP) is 7.43. The van der Waals surface area contributed by atoms with Gasteiger partial charge in [0, 0.05) is 81.9 Å². The molecule has 4 aromatic rings. The maximum Gasteiger partial charge on any atom is 0.225 e. The summed E-state index contributed by atoms with van der Waals surface area (Å²) in [7, 11) is 10.9. The molecule has 0 saturated carbocycles. The molecule has 348 valence electrons. The molecule has 2 aromatic heterocycles. The van der Waals surface area contributed by atoms with Gasteiger partial charge in [-0.1, -0.05) is 60.7 Å². The van der Waals surface area contributed by atoms with Crippen molar-refractivity contribution in [2.45, 2.75) is 69.7 Å². The Kier molecular flexibility index (Phi) is 20.7. The lowest BCUT2D eigenvalue weighted by molar-refractivity contribution is -0.141. The van der Waals surface area contributed by atoms with Gasteiger partial charge in [0.2, 0.25) is 5.91 Å². The normalized spacial score (nSPS) is 23.5. The standard InChI is InChI=1S/C12H18N2.C11H20N2O2.C11H15N.C10H14N2.C10H13N/c1-14-8-2-3-12(10-14)9-11-4-6-13-7-5-11;1-12-4-2-10(3-5-12)11(14)13-6-8-15-9-7-13;1-12-8-7-11(9-12)10-5-3-2-4-6-10;1-12-7-5-9(8-12)10-4-2-3-6-11-10;1-11-7-6-9-4-2-3-5-10(9)8-11/h4-7,12H,2-3,8-10H2,1H3;10H,2-9H2,1H3;2-6,11H,7-9H2,1H3;2-4,6,9H,5,7-8H2,1H3;2-5H,6-8H2,1H3. The fourth-order valence-electron chi connectivity index (χ4n) is 9.95. The number of amides is 1. The van der Waals surface area contributed by atoms with E-state index in [1.165, 1.54) is 106 Å². The molecule has 10 rings (SSSR count). The molecule has 8 heterocycles. The lowest BCUT2D eigenvalue weighted by atomic mass is 9.92. The molecule has 6 aliphatic rings. The van der Waals surface area contributed by atoms with E-state index in [4.69, 9.17) is 4.74 Å². The van der Waals surface area contributed by atoms with Crippen LogP contribution in [-0.4, -0.2) is 166 Å². The SMILES string of the molecule is CN1CCC(C(=O)N2CCOCC2)CC1.CN1CCC(c2ccccc2)C1.CN1CCC(c2ccccn2)C1.CN1CCCC(Cc2ccncc2)C1.CN1CCc2ccccc2C1. The number of fused-ring (bicyclic) bond motifs is 1. The fraction of sp³-hybridized carbons (Fsp3) is 0.574. The van der Waals surface area contributed by atoms with Gasteiger partial charge in [-0.15, -0.1) is 0 Å². The van der Waals surface area contributed by atoms with E-state index in [1.54, 1.807) is 0 Å². The molecule has 0 spiro atoms. The van der Waals surface area contributed by atoms with Crippen LogP contribution >= 0.6 is 0 Å². The first kappa shape index (κ1) is 49.4. The Balaban J connectivity index is 0.000000133.